The van der Waals surface area contributed by atoms with Crippen LogP contribution in [0, 0.1) is 0 Å². The second-order valence-electron chi connectivity index (χ2n) is 2.61. The maximum atomic E-state index is 11.0. The molecule has 0 unspecified atom stereocenters. The zero-order valence-corrected chi connectivity index (χ0v) is 8.84. The number of sulfone groups is 1. The molecule has 0 atom stereocenters. The van der Waals surface area contributed by atoms with Gasteiger partial charge in [0.2, 0.25) is 0 Å². The van der Waals surface area contributed by atoms with E-state index in [-0.39, 0.29) is 31.1 Å². The van der Waals surface area contributed by atoms with E-state index in [0.29, 0.717) is 0 Å². The molecular formula is C7H15NO5S. The number of hydrogen-bond donors (Lipinski definition) is 2. The van der Waals surface area contributed by atoms with Gasteiger partial charge in [0.1, 0.15) is 0 Å². The number of aliphatic hydroxyl groups is 1. The first-order chi connectivity index (χ1) is 6.52. The van der Waals surface area contributed by atoms with Crippen LogP contribution < -0.4 is 5.32 Å². The molecule has 0 bridgehead atoms. The van der Waals surface area contributed by atoms with Crippen molar-refractivity contribution in [3.8, 4) is 0 Å². The zero-order valence-electron chi connectivity index (χ0n) is 8.02. The summed E-state index contributed by atoms with van der Waals surface area (Å²) in [5.74, 6) is -0.322. The fourth-order valence-electron chi connectivity index (χ4n) is 0.757. The van der Waals surface area contributed by atoms with Gasteiger partial charge < -0.3 is 15.2 Å². The van der Waals surface area contributed by atoms with Gasteiger partial charge in [-0.1, -0.05) is 0 Å². The Morgan fingerprint density at radius 2 is 2.07 bits per heavy atom. The van der Waals surface area contributed by atoms with E-state index in [1.807, 2.05) is 0 Å². The molecule has 0 aromatic heterocycles. The Kier molecular flexibility index (Phi) is 6.22. The number of ether oxygens (including phenoxy) is 1. The molecule has 1 amide bonds. The van der Waals surface area contributed by atoms with Crippen molar-refractivity contribution in [3.05, 3.63) is 0 Å². The predicted octanol–water partition coefficient (Wildman–Crippen LogP) is -0.860. The smallest absolute Gasteiger partial charge is 0.406 e. The summed E-state index contributed by atoms with van der Waals surface area (Å²) in [6.07, 6.45) is -0.333. The second kappa shape index (κ2) is 6.61. The summed E-state index contributed by atoms with van der Waals surface area (Å²) >= 11 is 0. The minimum absolute atomic E-state index is 0.0599. The number of amides is 1. The molecule has 0 radical (unpaired) electrons. The Morgan fingerprint density at radius 1 is 1.43 bits per heavy atom. The fraction of sp³-hybridized carbons (Fsp3) is 0.857. The van der Waals surface area contributed by atoms with Crippen LogP contribution in [0.5, 0.6) is 0 Å². The van der Waals surface area contributed by atoms with E-state index in [4.69, 9.17) is 5.11 Å². The molecule has 6 nitrogen and oxygen atoms in total. The summed E-state index contributed by atoms with van der Waals surface area (Å²) in [4.78, 5) is 10.5. The Bertz CT molecular complexity index is 261. The van der Waals surface area contributed by atoms with E-state index in [9.17, 15) is 13.2 Å². The minimum Gasteiger partial charge on any atom is -0.450 e. The number of nitrogens with one attached hydrogen (secondary N) is 1. The van der Waals surface area contributed by atoms with Gasteiger partial charge in [0, 0.05) is 7.05 Å². The van der Waals surface area contributed by atoms with Crippen LogP contribution >= 0.6 is 0 Å². The topological polar surface area (TPSA) is 92.7 Å². The predicted molar refractivity (Wildman–Crippen MR) is 50.8 cm³/mol. The van der Waals surface area contributed by atoms with Crippen molar-refractivity contribution < 1.29 is 23.1 Å². The van der Waals surface area contributed by atoms with Gasteiger partial charge in [0.05, 0.1) is 24.7 Å². The van der Waals surface area contributed by atoms with Crippen LogP contribution in [0.3, 0.4) is 0 Å². The van der Waals surface area contributed by atoms with E-state index in [1.165, 1.54) is 7.05 Å². The number of rotatable bonds is 6. The molecule has 0 aliphatic heterocycles. The van der Waals surface area contributed by atoms with Crippen molar-refractivity contribution in [1.82, 2.24) is 5.32 Å². The highest BCUT2D eigenvalue weighted by molar-refractivity contribution is 7.91. The summed E-state index contributed by atoms with van der Waals surface area (Å²) in [7, 11) is -1.78. The Hall–Kier alpha value is -0.820. The molecule has 0 aromatic carbocycles. The highest BCUT2D eigenvalue weighted by atomic mass is 32.2. The van der Waals surface area contributed by atoms with E-state index < -0.39 is 15.9 Å². The molecule has 0 rings (SSSR count). The van der Waals surface area contributed by atoms with Gasteiger partial charge in [-0.25, -0.2) is 13.2 Å². The van der Waals surface area contributed by atoms with Crippen molar-refractivity contribution in [2.75, 3.05) is 31.8 Å². The molecule has 0 spiro atoms. The normalized spacial score (nSPS) is 11.0. The van der Waals surface area contributed by atoms with Gasteiger partial charge in [-0.15, -0.1) is 0 Å². The first-order valence-electron chi connectivity index (χ1n) is 4.17. The molecule has 0 saturated carbocycles. The lowest BCUT2D eigenvalue weighted by atomic mass is 10.5. The summed E-state index contributed by atoms with van der Waals surface area (Å²) in [6, 6.07) is 0. The first-order valence-corrected chi connectivity index (χ1v) is 6.00. The summed E-state index contributed by atoms with van der Waals surface area (Å²) in [5, 5.41) is 10.6. The third kappa shape index (κ3) is 6.67. The molecule has 0 aliphatic carbocycles. The molecule has 84 valence electrons. The van der Waals surface area contributed by atoms with E-state index in [2.05, 4.69) is 10.1 Å². The van der Waals surface area contributed by atoms with Crippen molar-refractivity contribution in [1.29, 1.82) is 0 Å². The number of alkyl carbamates (subject to hydrolysis) is 1. The van der Waals surface area contributed by atoms with Crippen molar-refractivity contribution in [2.45, 2.75) is 6.42 Å². The van der Waals surface area contributed by atoms with Gasteiger partial charge in [0.15, 0.2) is 9.84 Å². The number of carbonyl (C=O) groups is 1. The largest absolute Gasteiger partial charge is 0.450 e. The third-order valence-electron chi connectivity index (χ3n) is 1.44. The van der Waals surface area contributed by atoms with Gasteiger partial charge in [-0.3, -0.25) is 0 Å². The highest BCUT2D eigenvalue weighted by Gasteiger charge is 2.09. The van der Waals surface area contributed by atoms with Crippen molar-refractivity contribution in [2.24, 2.45) is 0 Å². The number of hydrogen-bond acceptors (Lipinski definition) is 5. The Morgan fingerprint density at radius 3 is 2.57 bits per heavy atom. The average molecular weight is 225 g/mol. The van der Waals surface area contributed by atoms with E-state index >= 15 is 0 Å². The molecule has 7 heteroatoms. The summed E-state index contributed by atoms with van der Waals surface area (Å²) in [6.45, 7) is -0.316. The highest BCUT2D eigenvalue weighted by Crippen LogP contribution is 1.94. The zero-order chi connectivity index (χ0) is 11.0. The number of carbonyl (C=O) groups excluding carboxylic acids is 1. The standard InChI is InChI=1S/C7H15NO5S/c1-8-7(10)13-4-2-5-14(11,12)6-3-9/h9H,2-6H2,1H3,(H,8,10). The maximum absolute atomic E-state index is 11.0. The van der Waals surface area contributed by atoms with Crippen LogP contribution in [0.15, 0.2) is 0 Å². The average Bonchev–Trinajstić information content (AvgIpc) is 2.12. The van der Waals surface area contributed by atoms with E-state index in [1.54, 1.807) is 0 Å². The molecule has 0 saturated heterocycles. The van der Waals surface area contributed by atoms with Gasteiger partial charge in [-0.05, 0) is 6.42 Å². The first kappa shape index (κ1) is 13.2. The molecular weight excluding hydrogens is 210 g/mol. The molecule has 0 heterocycles. The lowest BCUT2D eigenvalue weighted by Gasteiger charge is -2.04. The maximum Gasteiger partial charge on any atom is 0.406 e. The molecule has 0 aliphatic rings. The Balaban J connectivity index is 3.59. The summed E-state index contributed by atoms with van der Waals surface area (Å²) in [5.41, 5.74) is 0. The lowest BCUT2D eigenvalue weighted by molar-refractivity contribution is 0.149. The molecule has 14 heavy (non-hydrogen) atoms. The van der Waals surface area contributed by atoms with Crippen LogP contribution in [0.4, 0.5) is 4.79 Å². The second-order valence-corrected chi connectivity index (χ2v) is 4.92. The lowest BCUT2D eigenvalue weighted by Crippen LogP contribution is -2.21. The van der Waals surface area contributed by atoms with Gasteiger partial charge >= 0.3 is 6.09 Å². The van der Waals surface area contributed by atoms with Crippen LogP contribution in [-0.4, -0.2) is 51.4 Å². The van der Waals surface area contributed by atoms with Crippen LogP contribution in [0.1, 0.15) is 6.42 Å². The van der Waals surface area contributed by atoms with E-state index in [0.717, 1.165) is 0 Å². The number of aliphatic hydroxyl groups excluding tert-OH is 1. The fourth-order valence-corrected chi connectivity index (χ4v) is 1.80. The van der Waals surface area contributed by atoms with Crippen LogP contribution in [-0.2, 0) is 14.6 Å². The molecule has 2 N–H and O–H groups in total. The van der Waals surface area contributed by atoms with Crippen molar-refractivity contribution in [3.63, 3.8) is 0 Å². The van der Waals surface area contributed by atoms with Gasteiger partial charge in [-0.2, -0.15) is 0 Å². The SMILES string of the molecule is CNC(=O)OCCCS(=O)(=O)CCO. The molecule has 0 fully saturated rings. The quantitative estimate of drug-likeness (QED) is 0.574. The summed E-state index contributed by atoms with van der Waals surface area (Å²) < 4.78 is 26.6. The monoisotopic (exact) mass is 225 g/mol. The Labute approximate surface area is 83.2 Å². The van der Waals surface area contributed by atoms with Gasteiger partial charge in [0.25, 0.3) is 0 Å². The molecule has 0 aromatic rings. The van der Waals surface area contributed by atoms with Crippen LogP contribution in [0.2, 0.25) is 0 Å². The van der Waals surface area contributed by atoms with Crippen LogP contribution in [0.25, 0.3) is 0 Å². The third-order valence-corrected chi connectivity index (χ3v) is 3.15. The van der Waals surface area contributed by atoms with Crippen molar-refractivity contribution >= 4 is 15.9 Å². The minimum atomic E-state index is -3.20.